The molecule has 1 atom stereocenters. The first-order chi connectivity index (χ1) is 13.5. The second-order valence-corrected chi connectivity index (χ2v) is 6.70. The van der Waals surface area contributed by atoms with Gasteiger partial charge in [0.15, 0.2) is 5.82 Å². The Balaban J connectivity index is 1.53. The van der Waals surface area contributed by atoms with Crippen molar-refractivity contribution in [1.29, 1.82) is 0 Å². The Kier molecular flexibility index (Phi) is 4.64. The van der Waals surface area contributed by atoms with E-state index in [1.807, 2.05) is 31.3 Å². The molecule has 0 spiro atoms. The van der Waals surface area contributed by atoms with Crippen LogP contribution in [-0.4, -0.2) is 38.5 Å². The number of hydrogen-bond acceptors (Lipinski definition) is 6. The van der Waals surface area contributed by atoms with Crippen LogP contribution in [0.5, 0.6) is 0 Å². The number of alkyl carbamates (subject to hydrolysis) is 1. The van der Waals surface area contributed by atoms with Crippen molar-refractivity contribution in [3.05, 3.63) is 53.9 Å². The number of aromatic nitrogens is 4. The van der Waals surface area contributed by atoms with Crippen molar-refractivity contribution in [1.82, 2.24) is 25.1 Å². The summed E-state index contributed by atoms with van der Waals surface area (Å²) in [4.78, 5) is 19.2. The second kappa shape index (κ2) is 7.26. The number of cyclic esters (lactones) is 1. The number of aryl methyl sites for hydroxylation is 2. The SMILES string of the molecule is Cc1cc(Nc2ncc(F)c(C)n2)cc(-c2cnn(C[C@@H]3CNC(=O)O3)c2)c1. The van der Waals surface area contributed by atoms with Crippen molar-refractivity contribution < 1.29 is 13.9 Å². The van der Waals surface area contributed by atoms with Gasteiger partial charge in [-0.1, -0.05) is 6.07 Å². The van der Waals surface area contributed by atoms with E-state index < -0.39 is 11.9 Å². The van der Waals surface area contributed by atoms with Gasteiger partial charge in [-0.05, 0) is 37.1 Å². The highest BCUT2D eigenvalue weighted by Crippen LogP contribution is 2.26. The number of benzene rings is 1. The minimum Gasteiger partial charge on any atom is -0.442 e. The number of halogens is 1. The van der Waals surface area contributed by atoms with E-state index in [-0.39, 0.29) is 11.8 Å². The molecule has 1 saturated heterocycles. The predicted octanol–water partition coefficient (Wildman–Crippen LogP) is 2.95. The molecule has 144 valence electrons. The summed E-state index contributed by atoms with van der Waals surface area (Å²) in [5.41, 5.74) is 4.02. The molecule has 1 amide bonds. The maximum absolute atomic E-state index is 13.4. The summed E-state index contributed by atoms with van der Waals surface area (Å²) in [6, 6.07) is 5.95. The molecule has 28 heavy (non-hydrogen) atoms. The molecule has 0 bridgehead atoms. The Bertz CT molecular complexity index is 1040. The van der Waals surface area contributed by atoms with Crippen LogP contribution in [0, 0.1) is 19.7 Å². The van der Waals surface area contributed by atoms with Crippen molar-refractivity contribution in [3.63, 3.8) is 0 Å². The van der Waals surface area contributed by atoms with Crippen LogP contribution in [0.1, 0.15) is 11.3 Å². The summed E-state index contributed by atoms with van der Waals surface area (Å²) in [5.74, 6) is -0.104. The van der Waals surface area contributed by atoms with Crippen LogP contribution < -0.4 is 10.6 Å². The number of rotatable bonds is 5. The molecule has 1 aromatic carbocycles. The maximum Gasteiger partial charge on any atom is 0.407 e. The lowest BCUT2D eigenvalue weighted by molar-refractivity contribution is 0.129. The number of nitrogens with one attached hydrogen (secondary N) is 2. The Morgan fingerprint density at radius 1 is 1.29 bits per heavy atom. The smallest absolute Gasteiger partial charge is 0.407 e. The summed E-state index contributed by atoms with van der Waals surface area (Å²) in [5, 5.41) is 10.1. The van der Waals surface area contributed by atoms with E-state index in [0.29, 0.717) is 19.0 Å². The highest BCUT2D eigenvalue weighted by atomic mass is 19.1. The lowest BCUT2D eigenvalue weighted by atomic mass is 10.1. The zero-order chi connectivity index (χ0) is 19.7. The minimum absolute atomic E-state index is 0.228. The molecule has 0 radical (unpaired) electrons. The number of carbonyl (C=O) groups excluding carboxylic acids is 1. The molecule has 3 heterocycles. The summed E-state index contributed by atoms with van der Waals surface area (Å²) >= 11 is 0. The fourth-order valence-corrected chi connectivity index (χ4v) is 3.02. The number of ether oxygens (including phenoxy) is 1. The Morgan fingerprint density at radius 2 is 2.14 bits per heavy atom. The van der Waals surface area contributed by atoms with Crippen LogP contribution in [0.2, 0.25) is 0 Å². The van der Waals surface area contributed by atoms with Crippen molar-refractivity contribution in [3.8, 4) is 11.1 Å². The lowest BCUT2D eigenvalue weighted by Crippen LogP contribution is -2.20. The molecular formula is C19H19FN6O2. The van der Waals surface area contributed by atoms with Crippen LogP contribution >= 0.6 is 0 Å². The minimum atomic E-state index is -0.439. The van der Waals surface area contributed by atoms with Gasteiger partial charge < -0.3 is 15.4 Å². The van der Waals surface area contributed by atoms with Gasteiger partial charge in [-0.15, -0.1) is 0 Å². The van der Waals surface area contributed by atoms with Gasteiger partial charge in [0, 0.05) is 17.4 Å². The zero-order valence-corrected chi connectivity index (χ0v) is 15.4. The molecule has 0 saturated carbocycles. The zero-order valence-electron chi connectivity index (χ0n) is 15.4. The summed E-state index contributed by atoms with van der Waals surface area (Å²) in [6.07, 6.45) is 4.19. The second-order valence-electron chi connectivity index (χ2n) is 6.70. The number of anilines is 2. The highest BCUT2D eigenvalue weighted by Gasteiger charge is 2.23. The molecule has 2 aromatic heterocycles. The molecule has 0 unspecified atom stereocenters. The Morgan fingerprint density at radius 3 is 2.89 bits per heavy atom. The fraction of sp³-hybridized carbons (Fsp3) is 0.263. The maximum atomic E-state index is 13.4. The molecule has 1 fully saturated rings. The molecule has 4 rings (SSSR count). The van der Waals surface area contributed by atoms with E-state index in [1.54, 1.807) is 17.8 Å². The molecule has 9 heteroatoms. The third-order valence-electron chi connectivity index (χ3n) is 4.36. The Hall–Kier alpha value is -3.49. The molecule has 1 aliphatic heterocycles. The normalized spacial score (nSPS) is 16.0. The van der Waals surface area contributed by atoms with E-state index in [1.165, 1.54) is 0 Å². The summed E-state index contributed by atoms with van der Waals surface area (Å²) in [6.45, 7) is 4.54. The Labute approximate surface area is 160 Å². The average molecular weight is 382 g/mol. The molecule has 0 aliphatic carbocycles. The van der Waals surface area contributed by atoms with Gasteiger partial charge in [0.25, 0.3) is 0 Å². The van der Waals surface area contributed by atoms with E-state index in [0.717, 1.165) is 28.6 Å². The van der Waals surface area contributed by atoms with Crippen LogP contribution in [0.25, 0.3) is 11.1 Å². The molecule has 1 aliphatic rings. The topological polar surface area (TPSA) is 94.0 Å². The van der Waals surface area contributed by atoms with E-state index in [4.69, 9.17) is 4.74 Å². The third kappa shape index (κ3) is 3.93. The predicted molar refractivity (Wildman–Crippen MR) is 101 cm³/mol. The van der Waals surface area contributed by atoms with E-state index in [9.17, 15) is 9.18 Å². The third-order valence-corrected chi connectivity index (χ3v) is 4.36. The number of nitrogens with zero attached hydrogens (tertiary/aromatic N) is 4. The number of hydrogen-bond donors (Lipinski definition) is 2. The van der Waals surface area contributed by atoms with Crippen molar-refractivity contribution in [2.75, 3.05) is 11.9 Å². The first-order valence-corrected chi connectivity index (χ1v) is 8.81. The summed E-state index contributed by atoms with van der Waals surface area (Å²) < 4.78 is 20.3. The lowest BCUT2D eigenvalue weighted by Gasteiger charge is -2.09. The van der Waals surface area contributed by atoms with Gasteiger partial charge in [-0.3, -0.25) is 4.68 Å². The quantitative estimate of drug-likeness (QED) is 0.705. The van der Waals surface area contributed by atoms with Crippen molar-refractivity contribution in [2.45, 2.75) is 26.5 Å². The van der Waals surface area contributed by atoms with Crippen LogP contribution in [0.4, 0.5) is 20.8 Å². The average Bonchev–Trinajstić information content (AvgIpc) is 3.27. The van der Waals surface area contributed by atoms with Gasteiger partial charge in [-0.2, -0.15) is 5.10 Å². The van der Waals surface area contributed by atoms with Crippen molar-refractivity contribution >= 4 is 17.7 Å². The molecule has 8 nitrogen and oxygen atoms in total. The van der Waals surface area contributed by atoms with Crippen LogP contribution in [-0.2, 0) is 11.3 Å². The van der Waals surface area contributed by atoms with Crippen LogP contribution in [0.3, 0.4) is 0 Å². The largest absolute Gasteiger partial charge is 0.442 e. The van der Waals surface area contributed by atoms with Gasteiger partial charge in [-0.25, -0.2) is 19.2 Å². The first kappa shape index (κ1) is 17.9. The molecule has 3 aromatic rings. The summed E-state index contributed by atoms with van der Waals surface area (Å²) in [7, 11) is 0. The fourth-order valence-electron chi connectivity index (χ4n) is 3.02. The van der Waals surface area contributed by atoms with Gasteiger partial charge >= 0.3 is 6.09 Å². The molecule has 2 N–H and O–H groups in total. The van der Waals surface area contributed by atoms with Gasteiger partial charge in [0.1, 0.15) is 6.10 Å². The first-order valence-electron chi connectivity index (χ1n) is 8.81. The van der Waals surface area contributed by atoms with Gasteiger partial charge in [0.2, 0.25) is 5.95 Å². The molecular weight excluding hydrogens is 363 g/mol. The van der Waals surface area contributed by atoms with Gasteiger partial charge in [0.05, 0.1) is 31.2 Å². The van der Waals surface area contributed by atoms with Crippen LogP contribution in [0.15, 0.2) is 36.8 Å². The number of carbonyl (C=O) groups is 1. The van der Waals surface area contributed by atoms with E-state index in [2.05, 4.69) is 25.7 Å². The van der Waals surface area contributed by atoms with Crippen molar-refractivity contribution in [2.24, 2.45) is 0 Å². The monoisotopic (exact) mass is 382 g/mol. The number of amides is 1. The highest BCUT2D eigenvalue weighted by molar-refractivity contribution is 5.70. The standard InChI is InChI=1S/C19H19FN6O2/c1-11-3-13(5-15(4-11)25-18-21-8-17(20)12(2)24-18)14-6-23-26(9-14)10-16-7-22-19(27)28-16/h3-6,8-9,16H,7,10H2,1-2H3,(H,22,27)(H,21,24,25)/t16-/m0/s1. The van der Waals surface area contributed by atoms with E-state index >= 15 is 0 Å².